The van der Waals surface area contributed by atoms with Gasteiger partial charge in [-0.1, -0.05) is 11.6 Å². The number of aliphatic imine (C=N–C) groups is 1. The maximum absolute atomic E-state index is 14.3. The zero-order valence-electron chi connectivity index (χ0n) is 21.2. The summed E-state index contributed by atoms with van der Waals surface area (Å²) in [5, 5.41) is 21.6. The molecule has 3 N–H and O–H groups in total. The van der Waals surface area contributed by atoms with Gasteiger partial charge in [0, 0.05) is 36.5 Å². The van der Waals surface area contributed by atoms with E-state index in [1.165, 1.54) is 18.2 Å². The van der Waals surface area contributed by atoms with Crippen molar-refractivity contribution < 1.29 is 19.0 Å². The Morgan fingerprint density at radius 3 is 2.86 bits per heavy atom. The number of amides is 1. The number of hydrogen-bond donors (Lipinski definition) is 3. The van der Waals surface area contributed by atoms with Crippen LogP contribution in [0.2, 0.25) is 0 Å². The summed E-state index contributed by atoms with van der Waals surface area (Å²) >= 11 is 6.24. The number of aliphatic hydroxyl groups is 1. The van der Waals surface area contributed by atoms with E-state index in [1.807, 2.05) is 6.92 Å². The van der Waals surface area contributed by atoms with Gasteiger partial charge in [0.25, 0.3) is 5.91 Å². The predicted molar refractivity (Wildman–Crippen MR) is 141 cm³/mol. The smallest absolute Gasteiger partial charge is 0.258 e. The number of hydrogen-bond acceptors (Lipinski definition) is 7. The summed E-state index contributed by atoms with van der Waals surface area (Å²) < 4.78 is 20.6. The lowest BCUT2D eigenvalue weighted by molar-refractivity contribution is 0.0792. The van der Waals surface area contributed by atoms with Crippen molar-refractivity contribution in [2.45, 2.75) is 51.7 Å². The molecule has 1 aromatic carbocycles. The molecule has 4 aliphatic heterocycles. The molecule has 0 radical (unpaired) electrons. The van der Waals surface area contributed by atoms with Gasteiger partial charge in [0.15, 0.2) is 0 Å². The van der Waals surface area contributed by atoms with Crippen LogP contribution in [0.25, 0.3) is 0 Å². The third-order valence-electron chi connectivity index (χ3n) is 7.77. The topological polar surface area (TPSA) is 101 Å². The standard InChI is InChI=1S/C27H33ClFN5O3/c1-15-25(28)16(2)32-26(31-15)22-13-34(14-23(22)30)27(36)21-6-4-18(29)10-24(21)37-20-9-17-3-5-19(11-20)33(12-17)7-8-35/h4,6,10,17,19-20,30-31,35H,3,5,7-9,11-14H2,1-2H3/b26-22+,30-23?/t17?,19?,20-/m1/s1. The lowest BCUT2D eigenvalue weighted by Crippen LogP contribution is -2.42. The first-order valence-electron chi connectivity index (χ1n) is 12.8. The highest BCUT2D eigenvalue weighted by atomic mass is 35.5. The van der Waals surface area contributed by atoms with Crippen LogP contribution in [0.15, 0.2) is 45.3 Å². The fourth-order valence-corrected chi connectivity index (χ4v) is 6.00. The fourth-order valence-electron chi connectivity index (χ4n) is 5.91. The van der Waals surface area contributed by atoms with E-state index in [9.17, 15) is 14.3 Å². The summed E-state index contributed by atoms with van der Waals surface area (Å²) in [5.74, 6) is 0.451. The number of carbonyl (C=O) groups excluding carboxylic acids is 1. The number of likely N-dealkylation sites (tertiary alicyclic amines) is 1. The van der Waals surface area contributed by atoms with Crippen molar-refractivity contribution in [2.24, 2.45) is 10.9 Å². The molecule has 0 aromatic heterocycles. The number of carbonyl (C=O) groups is 1. The molecule has 2 unspecified atom stereocenters. The van der Waals surface area contributed by atoms with E-state index in [1.54, 1.807) is 11.8 Å². The molecule has 8 nitrogen and oxygen atoms in total. The van der Waals surface area contributed by atoms with Gasteiger partial charge in [0.05, 0.1) is 41.7 Å². The molecule has 10 heteroatoms. The van der Waals surface area contributed by atoms with Gasteiger partial charge in [0.2, 0.25) is 0 Å². The lowest BCUT2D eigenvalue weighted by atomic mass is 9.95. The number of nitrogens with zero attached hydrogens (tertiary/aromatic N) is 3. The lowest BCUT2D eigenvalue weighted by Gasteiger charge is -2.35. The molecule has 4 heterocycles. The van der Waals surface area contributed by atoms with Gasteiger partial charge in [-0.25, -0.2) is 9.38 Å². The average Bonchev–Trinajstić information content (AvgIpc) is 3.04. The number of halogens is 2. The maximum Gasteiger partial charge on any atom is 0.258 e. The quantitative estimate of drug-likeness (QED) is 0.540. The second-order valence-electron chi connectivity index (χ2n) is 10.4. The number of ether oxygens (including phenoxy) is 1. The number of fused-ring (bicyclic) bond motifs is 4. The van der Waals surface area contributed by atoms with Crippen LogP contribution in [0.1, 0.15) is 49.9 Å². The number of rotatable bonds is 5. The summed E-state index contributed by atoms with van der Waals surface area (Å²) in [6.45, 7) is 5.70. The molecule has 1 aromatic rings. The van der Waals surface area contributed by atoms with Crippen LogP contribution in [0.3, 0.4) is 0 Å². The highest BCUT2D eigenvalue weighted by Crippen LogP contribution is 2.36. The van der Waals surface area contributed by atoms with Crippen molar-refractivity contribution in [1.29, 1.82) is 5.41 Å². The first kappa shape index (κ1) is 25.9. The molecule has 3 saturated heterocycles. The summed E-state index contributed by atoms with van der Waals surface area (Å²) in [5.41, 5.74) is 2.62. The van der Waals surface area contributed by atoms with E-state index in [2.05, 4.69) is 15.2 Å². The molecule has 198 valence electrons. The second kappa shape index (κ2) is 10.6. The Kier molecular flexibility index (Phi) is 7.38. The van der Waals surface area contributed by atoms with Crippen molar-refractivity contribution in [2.75, 3.05) is 32.8 Å². The third-order valence-corrected chi connectivity index (χ3v) is 8.33. The van der Waals surface area contributed by atoms with E-state index in [0.29, 0.717) is 51.9 Å². The molecule has 1 aliphatic carbocycles. The Hall–Kier alpha value is -2.75. The minimum absolute atomic E-state index is 0.129. The number of piperidine rings is 1. The SMILES string of the molecule is CC1=N/C(=C2\CN(C(=O)c3ccc(F)cc3O[C@@H]3CC4CCC(C3)N(CCO)C4)CC2=N)NC(C)=C1Cl. The van der Waals surface area contributed by atoms with Crippen LogP contribution < -0.4 is 10.1 Å². The van der Waals surface area contributed by atoms with Crippen molar-refractivity contribution in [3.05, 3.63) is 51.7 Å². The highest BCUT2D eigenvalue weighted by Gasteiger charge is 2.37. The fraction of sp³-hybridized carbons (Fsp3) is 0.519. The Balaban J connectivity index is 1.35. The zero-order valence-corrected chi connectivity index (χ0v) is 21.9. The third kappa shape index (κ3) is 5.30. The second-order valence-corrected chi connectivity index (χ2v) is 10.8. The molecule has 1 saturated carbocycles. The number of nitrogens with one attached hydrogen (secondary N) is 2. The number of allylic oxidation sites excluding steroid dienone is 2. The molecule has 5 aliphatic rings. The van der Waals surface area contributed by atoms with Crippen LogP contribution in [0.4, 0.5) is 4.39 Å². The molecule has 2 bridgehead atoms. The maximum atomic E-state index is 14.3. The van der Waals surface area contributed by atoms with Crippen molar-refractivity contribution in [3.63, 3.8) is 0 Å². The first-order chi connectivity index (χ1) is 17.7. The molecule has 1 amide bonds. The van der Waals surface area contributed by atoms with Gasteiger partial charge in [-0.2, -0.15) is 0 Å². The summed E-state index contributed by atoms with van der Waals surface area (Å²) in [4.78, 5) is 22.0. The van der Waals surface area contributed by atoms with Crippen molar-refractivity contribution in [1.82, 2.24) is 15.1 Å². The Labute approximate surface area is 221 Å². The van der Waals surface area contributed by atoms with Crippen LogP contribution in [0.5, 0.6) is 5.75 Å². The van der Waals surface area contributed by atoms with Gasteiger partial charge in [-0.3, -0.25) is 9.69 Å². The predicted octanol–water partition coefficient (Wildman–Crippen LogP) is 3.66. The minimum atomic E-state index is -0.461. The molecule has 3 atom stereocenters. The molecular formula is C27H33ClFN5O3. The van der Waals surface area contributed by atoms with Gasteiger partial charge >= 0.3 is 0 Å². The molecule has 0 spiro atoms. The van der Waals surface area contributed by atoms with Gasteiger partial charge in [-0.15, -0.1) is 0 Å². The monoisotopic (exact) mass is 529 g/mol. The minimum Gasteiger partial charge on any atom is -0.489 e. The van der Waals surface area contributed by atoms with Crippen LogP contribution >= 0.6 is 11.6 Å². The van der Waals surface area contributed by atoms with E-state index >= 15 is 0 Å². The van der Waals surface area contributed by atoms with E-state index in [0.717, 1.165) is 37.9 Å². The molecular weight excluding hydrogens is 497 g/mol. The normalized spacial score (nSPS) is 28.4. The molecule has 6 rings (SSSR count). The number of benzene rings is 1. The highest BCUT2D eigenvalue weighted by molar-refractivity contribution is 6.43. The van der Waals surface area contributed by atoms with Gasteiger partial charge in [-0.05, 0) is 57.6 Å². The van der Waals surface area contributed by atoms with Crippen molar-refractivity contribution >= 4 is 28.9 Å². The van der Waals surface area contributed by atoms with Gasteiger partial charge < -0.3 is 25.5 Å². The average molecular weight is 530 g/mol. The zero-order chi connectivity index (χ0) is 26.3. The van der Waals surface area contributed by atoms with Crippen molar-refractivity contribution in [3.8, 4) is 5.75 Å². The summed E-state index contributed by atoms with van der Waals surface area (Å²) in [6, 6.07) is 4.35. The summed E-state index contributed by atoms with van der Waals surface area (Å²) in [7, 11) is 0. The van der Waals surface area contributed by atoms with E-state index in [4.69, 9.17) is 21.7 Å². The van der Waals surface area contributed by atoms with Crippen LogP contribution in [-0.4, -0.2) is 77.2 Å². The molecule has 37 heavy (non-hydrogen) atoms. The molecule has 4 fully saturated rings. The summed E-state index contributed by atoms with van der Waals surface area (Å²) in [6.07, 6.45) is 3.66. The van der Waals surface area contributed by atoms with E-state index < -0.39 is 5.82 Å². The van der Waals surface area contributed by atoms with Gasteiger partial charge in [0.1, 0.15) is 23.5 Å². The Morgan fingerprint density at radius 2 is 2.11 bits per heavy atom. The van der Waals surface area contributed by atoms with Crippen LogP contribution in [-0.2, 0) is 0 Å². The van der Waals surface area contributed by atoms with Crippen LogP contribution in [0, 0.1) is 17.1 Å². The Morgan fingerprint density at radius 1 is 1.30 bits per heavy atom. The van der Waals surface area contributed by atoms with E-state index in [-0.39, 0.29) is 37.5 Å². The first-order valence-corrected chi connectivity index (χ1v) is 13.2. The largest absolute Gasteiger partial charge is 0.489 e. The number of aliphatic hydroxyl groups excluding tert-OH is 1. The Bertz CT molecular complexity index is 1210.